The van der Waals surface area contributed by atoms with Gasteiger partial charge in [0, 0.05) is 34.2 Å². The zero-order valence-electron chi connectivity index (χ0n) is 11.7. The van der Waals surface area contributed by atoms with Gasteiger partial charge in [-0.05, 0) is 60.8 Å². The summed E-state index contributed by atoms with van der Waals surface area (Å²) >= 11 is 5.17. The van der Waals surface area contributed by atoms with Crippen LogP contribution < -0.4 is 5.32 Å². The van der Waals surface area contributed by atoms with Crippen molar-refractivity contribution < 1.29 is 4.79 Å². The Morgan fingerprint density at radius 1 is 1.60 bits per heavy atom. The van der Waals surface area contributed by atoms with Crippen LogP contribution in [0.1, 0.15) is 24.1 Å². The van der Waals surface area contributed by atoms with E-state index in [2.05, 4.69) is 32.7 Å². The number of carbonyl (C=O) groups excluding carboxylic acids is 1. The van der Waals surface area contributed by atoms with Gasteiger partial charge in [-0.25, -0.2) is 0 Å². The minimum atomic E-state index is 0. The van der Waals surface area contributed by atoms with Crippen LogP contribution in [0.15, 0.2) is 15.9 Å². The van der Waals surface area contributed by atoms with E-state index >= 15 is 0 Å². The molecule has 0 aromatic carbocycles. The van der Waals surface area contributed by atoms with E-state index in [0.717, 1.165) is 36.9 Å². The highest BCUT2D eigenvalue weighted by molar-refractivity contribution is 9.10. The van der Waals surface area contributed by atoms with Crippen molar-refractivity contribution in [3.8, 4) is 0 Å². The molecule has 1 aromatic rings. The first kappa shape index (κ1) is 18.0. The van der Waals surface area contributed by atoms with E-state index in [1.54, 1.807) is 11.3 Å². The zero-order chi connectivity index (χ0) is 13.7. The van der Waals surface area contributed by atoms with Gasteiger partial charge in [-0.2, -0.15) is 0 Å². The molecule has 1 saturated heterocycles. The normalized spacial score (nSPS) is 18.7. The molecule has 1 aromatic heterocycles. The van der Waals surface area contributed by atoms with Gasteiger partial charge < -0.3 is 10.2 Å². The van der Waals surface area contributed by atoms with Gasteiger partial charge in [-0.15, -0.1) is 23.7 Å². The summed E-state index contributed by atoms with van der Waals surface area (Å²) in [5.41, 5.74) is 0. The number of thiophene rings is 1. The number of nitrogens with one attached hydrogen (secondary N) is 1. The Labute approximate surface area is 139 Å². The number of carbonyl (C=O) groups is 1. The summed E-state index contributed by atoms with van der Waals surface area (Å²) in [4.78, 5) is 15.6. The minimum absolute atomic E-state index is 0. The minimum Gasteiger partial charge on any atom is -0.342 e. The topological polar surface area (TPSA) is 32.3 Å². The van der Waals surface area contributed by atoms with Crippen LogP contribution in [0.5, 0.6) is 0 Å². The number of aryl methyl sites for hydroxylation is 1. The van der Waals surface area contributed by atoms with Crippen LogP contribution in [0.25, 0.3) is 0 Å². The Hall–Kier alpha value is -0.100. The maximum Gasteiger partial charge on any atom is 0.222 e. The van der Waals surface area contributed by atoms with Gasteiger partial charge in [0.25, 0.3) is 0 Å². The summed E-state index contributed by atoms with van der Waals surface area (Å²) in [6.45, 7) is 2.88. The van der Waals surface area contributed by atoms with Gasteiger partial charge in [0.05, 0.1) is 0 Å². The molecule has 2 rings (SSSR count). The van der Waals surface area contributed by atoms with Gasteiger partial charge in [0.15, 0.2) is 0 Å². The second-order valence-corrected chi connectivity index (χ2v) is 7.05. The van der Waals surface area contributed by atoms with Crippen molar-refractivity contribution in [3.05, 3.63) is 20.8 Å². The molecule has 0 bridgehead atoms. The molecule has 0 spiro atoms. The lowest BCUT2D eigenvalue weighted by atomic mass is 9.97. The van der Waals surface area contributed by atoms with E-state index in [9.17, 15) is 4.79 Å². The molecule has 6 heteroatoms. The summed E-state index contributed by atoms with van der Waals surface area (Å²) < 4.78 is 1.12. The lowest BCUT2D eigenvalue weighted by Gasteiger charge is -2.32. The third-order valence-corrected chi connectivity index (χ3v) is 5.33. The molecule has 1 amide bonds. The van der Waals surface area contributed by atoms with Gasteiger partial charge >= 0.3 is 0 Å². The third kappa shape index (κ3) is 5.35. The average Bonchev–Trinajstić information content (AvgIpc) is 2.82. The molecule has 114 valence electrons. The molecule has 0 saturated carbocycles. The number of rotatable bonds is 5. The lowest BCUT2D eigenvalue weighted by molar-refractivity contribution is -0.132. The molecule has 1 aliphatic heterocycles. The smallest absolute Gasteiger partial charge is 0.222 e. The summed E-state index contributed by atoms with van der Waals surface area (Å²) in [5, 5.41) is 5.29. The number of likely N-dealkylation sites (tertiary alicyclic amines) is 1. The van der Waals surface area contributed by atoms with Crippen molar-refractivity contribution in [2.24, 2.45) is 5.92 Å². The van der Waals surface area contributed by atoms with E-state index in [-0.39, 0.29) is 12.4 Å². The van der Waals surface area contributed by atoms with Gasteiger partial charge in [0.2, 0.25) is 5.91 Å². The van der Waals surface area contributed by atoms with Crippen LogP contribution in [-0.2, 0) is 11.2 Å². The number of halogens is 2. The average molecular weight is 382 g/mol. The SMILES string of the molecule is CNCC1CCCN(C(=O)CCc2cc(Br)cs2)C1.Cl. The first-order chi connectivity index (χ1) is 9.19. The molecular weight excluding hydrogens is 360 g/mol. The molecule has 1 aliphatic rings. The Bertz CT molecular complexity index is 425. The Morgan fingerprint density at radius 2 is 2.40 bits per heavy atom. The van der Waals surface area contributed by atoms with Crippen molar-refractivity contribution in [1.82, 2.24) is 10.2 Å². The standard InChI is InChI=1S/C14H21BrN2OS.ClH/c1-16-8-11-3-2-6-17(9-11)14(18)5-4-13-7-12(15)10-19-13;/h7,10-11,16H,2-6,8-9H2,1H3;1H. The third-order valence-electron chi connectivity index (χ3n) is 3.57. The monoisotopic (exact) mass is 380 g/mol. The second-order valence-electron chi connectivity index (χ2n) is 5.14. The first-order valence-electron chi connectivity index (χ1n) is 6.84. The molecule has 1 fully saturated rings. The highest BCUT2D eigenvalue weighted by Gasteiger charge is 2.22. The number of amides is 1. The molecule has 1 unspecified atom stereocenters. The molecule has 3 nitrogen and oxygen atoms in total. The van der Waals surface area contributed by atoms with E-state index < -0.39 is 0 Å². The molecule has 1 N–H and O–H groups in total. The fraction of sp³-hybridized carbons (Fsp3) is 0.643. The Morgan fingerprint density at radius 3 is 3.05 bits per heavy atom. The predicted octanol–water partition coefficient (Wildman–Crippen LogP) is 3.32. The molecule has 20 heavy (non-hydrogen) atoms. The number of hydrogen-bond donors (Lipinski definition) is 1. The highest BCUT2D eigenvalue weighted by atomic mass is 79.9. The van der Waals surface area contributed by atoms with Gasteiger partial charge in [0.1, 0.15) is 0 Å². The number of piperidine rings is 1. The van der Waals surface area contributed by atoms with Crippen molar-refractivity contribution >= 4 is 45.6 Å². The second kappa shape index (κ2) is 9.03. The lowest BCUT2D eigenvalue weighted by Crippen LogP contribution is -2.42. The summed E-state index contributed by atoms with van der Waals surface area (Å²) in [7, 11) is 1.98. The fourth-order valence-electron chi connectivity index (χ4n) is 2.62. The van der Waals surface area contributed by atoms with E-state index in [1.807, 2.05) is 11.9 Å². The van der Waals surface area contributed by atoms with Crippen LogP contribution in [0.3, 0.4) is 0 Å². The van der Waals surface area contributed by atoms with Crippen LogP contribution >= 0.6 is 39.7 Å². The van der Waals surface area contributed by atoms with Crippen molar-refractivity contribution in [1.29, 1.82) is 0 Å². The summed E-state index contributed by atoms with van der Waals surface area (Å²) in [6.07, 6.45) is 3.88. The number of hydrogen-bond acceptors (Lipinski definition) is 3. The maximum absolute atomic E-state index is 12.2. The molecule has 0 aliphatic carbocycles. The van der Waals surface area contributed by atoms with Crippen molar-refractivity contribution in [3.63, 3.8) is 0 Å². The van der Waals surface area contributed by atoms with Crippen molar-refractivity contribution in [2.45, 2.75) is 25.7 Å². The van der Waals surface area contributed by atoms with Gasteiger partial charge in [-0.1, -0.05) is 0 Å². The molecular formula is C14H22BrClN2OS. The largest absolute Gasteiger partial charge is 0.342 e. The maximum atomic E-state index is 12.2. The van der Waals surface area contributed by atoms with Crippen molar-refractivity contribution in [2.75, 3.05) is 26.7 Å². The van der Waals surface area contributed by atoms with E-state index in [4.69, 9.17) is 0 Å². The van der Waals surface area contributed by atoms with E-state index in [1.165, 1.54) is 11.3 Å². The van der Waals surface area contributed by atoms with Crippen LogP contribution in [-0.4, -0.2) is 37.5 Å². The summed E-state index contributed by atoms with van der Waals surface area (Å²) in [6, 6.07) is 2.11. The Kier molecular flexibility index (Phi) is 8.10. The number of nitrogens with zero attached hydrogens (tertiary/aromatic N) is 1. The van der Waals surface area contributed by atoms with Crippen LogP contribution in [0.4, 0.5) is 0 Å². The van der Waals surface area contributed by atoms with E-state index in [0.29, 0.717) is 18.2 Å². The van der Waals surface area contributed by atoms with Crippen LogP contribution in [0, 0.1) is 5.92 Å². The molecule has 0 radical (unpaired) electrons. The molecule has 2 heterocycles. The van der Waals surface area contributed by atoms with Crippen LogP contribution in [0.2, 0.25) is 0 Å². The Balaban J connectivity index is 0.00000200. The first-order valence-corrected chi connectivity index (χ1v) is 8.51. The quantitative estimate of drug-likeness (QED) is 0.848. The summed E-state index contributed by atoms with van der Waals surface area (Å²) in [5.74, 6) is 0.934. The highest BCUT2D eigenvalue weighted by Crippen LogP contribution is 2.22. The molecule has 1 atom stereocenters. The zero-order valence-corrected chi connectivity index (χ0v) is 15.0. The predicted molar refractivity (Wildman–Crippen MR) is 90.8 cm³/mol. The van der Waals surface area contributed by atoms with Gasteiger partial charge in [-0.3, -0.25) is 4.79 Å². The fourth-order valence-corrected chi connectivity index (χ4v) is 4.08.